The third-order valence-corrected chi connectivity index (χ3v) is 5.29. The largest absolute Gasteiger partial charge is 0.463 e. The van der Waals surface area contributed by atoms with Gasteiger partial charge in [-0.2, -0.15) is 0 Å². The second kappa shape index (κ2) is 9.84. The Kier molecular flexibility index (Phi) is 7.20. The number of ether oxygens (including phenoxy) is 1. The van der Waals surface area contributed by atoms with Crippen molar-refractivity contribution in [2.75, 3.05) is 13.3 Å². The number of hydrogen-bond donors (Lipinski definition) is 1. The highest BCUT2D eigenvalue weighted by Gasteiger charge is 2.17. The molecular weight excluding hydrogens is 413 g/mol. The molecule has 0 aliphatic carbocycles. The van der Waals surface area contributed by atoms with Gasteiger partial charge in [0.25, 0.3) is 11.1 Å². The molecule has 7 nitrogen and oxygen atoms in total. The first-order valence-corrected chi connectivity index (χ1v) is 10.2. The molecule has 0 spiro atoms. The van der Waals surface area contributed by atoms with Crippen molar-refractivity contribution in [2.45, 2.75) is 45.6 Å². The van der Waals surface area contributed by atoms with Crippen molar-refractivity contribution in [1.82, 2.24) is 14.5 Å². The number of nitrogens with one attached hydrogen (secondary N) is 1. The number of fused-ring (bicyclic) bond motifs is 2. The molecule has 2 aliphatic heterocycles. The lowest BCUT2D eigenvalue weighted by Crippen LogP contribution is -2.25. The Morgan fingerprint density at radius 2 is 1.97 bits per heavy atom. The number of halogens is 2. The molecule has 1 N–H and O–H groups in total. The van der Waals surface area contributed by atoms with Gasteiger partial charge in [0.2, 0.25) is 0 Å². The molecule has 30 heavy (non-hydrogen) atoms. The summed E-state index contributed by atoms with van der Waals surface area (Å²) in [4.78, 5) is 42.3. The van der Waals surface area contributed by atoms with Crippen molar-refractivity contribution in [1.29, 1.82) is 0 Å². The van der Waals surface area contributed by atoms with Gasteiger partial charge in [0.15, 0.2) is 5.69 Å². The molecule has 0 amide bonds. The SMILES string of the molecule is Cc1cc2nc3c(=O)[nH]c(=O)cc-3n(CCCCCCC(=O)OCCF)c2cc1Cl. The molecule has 160 valence electrons. The zero-order valence-corrected chi connectivity index (χ0v) is 17.4. The molecule has 0 bridgehead atoms. The van der Waals surface area contributed by atoms with E-state index < -0.39 is 17.8 Å². The maximum Gasteiger partial charge on any atom is 0.305 e. The summed E-state index contributed by atoms with van der Waals surface area (Å²) in [6.45, 7) is 1.56. The summed E-state index contributed by atoms with van der Waals surface area (Å²) < 4.78 is 18.6. The van der Waals surface area contributed by atoms with E-state index >= 15 is 0 Å². The van der Waals surface area contributed by atoms with Gasteiger partial charge in [-0.3, -0.25) is 19.4 Å². The fraction of sp³-hybridized carbons (Fsp3) is 0.429. The predicted octanol–water partition coefficient (Wildman–Crippen LogP) is 3.61. The number of benzene rings is 1. The molecule has 0 saturated heterocycles. The summed E-state index contributed by atoms with van der Waals surface area (Å²) in [5.41, 5.74) is 1.89. The van der Waals surface area contributed by atoms with Gasteiger partial charge in [-0.05, 0) is 37.5 Å². The van der Waals surface area contributed by atoms with Crippen molar-refractivity contribution in [3.8, 4) is 11.4 Å². The van der Waals surface area contributed by atoms with Gasteiger partial charge in [0, 0.05) is 24.1 Å². The van der Waals surface area contributed by atoms with Crippen LogP contribution in [0.3, 0.4) is 0 Å². The van der Waals surface area contributed by atoms with Crippen molar-refractivity contribution < 1.29 is 13.9 Å². The molecule has 0 saturated carbocycles. The Morgan fingerprint density at radius 3 is 2.73 bits per heavy atom. The molecule has 9 heteroatoms. The summed E-state index contributed by atoms with van der Waals surface area (Å²) >= 11 is 6.30. The zero-order chi connectivity index (χ0) is 21.7. The summed E-state index contributed by atoms with van der Waals surface area (Å²) in [6, 6.07) is 4.99. The van der Waals surface area contributed by atoms with Gasteiger partial charge in [-0.15, -0.1) is 0 Å². The fourth-order valence-electron chi connectivity index (χ4n) is 3.40. The molecule has 0 aromatic heterocycles. The van der Waals surface area contributed by atoms with Gasteiger partial charge in [-0.1, -0.05) is 24.4 Å². The van der Waals surface area contributed by atoms with Crippen LogP contribution < -0.4 is 11.1 Å². The number of esters is 1. The fourth-order valence-corrected chi connectivity index (χ4v) is 3.56. The first-order chi connectivity index (χ1) is 14.4. The standard InChI is InChI=1S/C21H23ClFN3O4/c1-13-10-15-16(11-14(13)22)26(17-12-18(27)25-21(29)20(17)24-15)8-5-3-2-4-6-19(28)30-9-7-23/h10-12H,2-9H2,1H3,(H,25,27,29). The molecule has 1 aromatic rings. The van der Waals surface area contributed by atoms with E-state index in [1.165, 1.54) is 6.07 Å². The molecule has 0 atom stereocenters. The van der Waals surface area contributed by atoms with E-state index in [1.54, 1.807) is 6.07 Å². The van der Waals surface area contributed by atoms with Crippen LogP contribution in [0.4, 0.5) is 4.39 Å². The van der Waals surface area contributed by atoms with Gasteiger partial charge < -0.3 is 9.30 Å². The first-order valence-electron chi connectivity index (χ1n) is 9.86. The smallest absolute Gasteiger partial charge is 0.305 e. The molecule has 2 heterocycles. The first kappa shape index (κ1) is 22.0. The highest BCUT2D eigenvalue weighted by molar-refractivity contribution is 6.32. The minimum atomic E-state index is -0.672. The minimum Gasteiger partial charge on any atom is -0.463 e. The van der Waals surface area contributed by atoms with E-state index in [2.05, 4.69) is 9.97 Å². The Balaban J connectivity index is 1.78. The van der Waals surface area contributed by atoms with Crippen LogP contribution in [0.15, 0.2) is 27.8 Å². The van der Waals surface area contributed by atoms with E-state index in [0.717, 1.165) is 30.3 Å². The lowest BCUT2D eigenvalue weighted by molar-refractivity contribution is -0.144. The Bertz CT molecular complexity index is 1140. The monoisotopic (exact) mass is 435 g/mol. The summed E-state index contributed by atoms with van der Waals surface area (Å²) in [5.74, 6) is -0.389. The Labute approximate surface area is 177 Å². The molecule has 2 aliphatic rings. The van der Waals surface area contributed by atoms with Crippen LogP contribution >= 0.6 is 11.6 Å². The van der Waals surface area contributed by atoms with E-state index in [9.17, 15) is 18.8 Å². The number of aromatic nitrogens is 3. The van der Waals surface area contributed by atoms with Crippen molar-refractivity contribution in [3.63, 3.8) is 0 Å². The number of pyridine rings is 1. The maximum atomic E-state index is 12.3. The van der Waals surface area contributed by atoms with Crippen molar-refractivity contribution in [2.24, 2.45) is 0 Å². The van der Waals surface area contributed by atoms with E-state index in [4.69, 9.17) is 16.3 Å². The molecule has 1 aromatic carbocycles. The average molecular weight is 436 g/mol. The normalized spacial score (nSPS) is 11.3. The molecule has 0 fully saturated rings. The van der Waals surface area contributed by atoms with Crippen LogP contribution in [0, 0.1) is 6.92 Å². The number of hydrogen-bond acceptors (Lipinski definition) is 5. The van der Waals surface area contributed by atoms with Crippen LogP contribution in [-0.4, -0.2) is 33.8 Å². The minimum absolute atomic E-state index is 0.194. The number of carbonyl (C=O) groups excluding carboxylic acids is 1. The van der Waals surface area contributed by atoms with Crippen LogP contribution in [0.1, 0.15) is 37.7 Å². The number of aryl methyl sites for hydroxylation is 2. The summed E-state index contributed by atoms with van der Waals surface area (Å²) in [6.07, 6.45) is 3.33. The third-order valence-electron chi connectivity index (χ3n) is 4.88. The number of rotatable bonds is 9. The van der Waals surface area contributed by atoms with Crippen molar-refractivity contribution in [3.05, 3.63) is 49.5 Å². The Morgan fingerprint density at radius 1 is 1.20 bits per heavy atom. The number of carbonyl (C=O) groups is 1. The average Bonchev–Trinajstić information content (AvgIpc) is 2.70. The van der Waals surface area contributed by atoms with E-state index in [-0.39, 0.29) is 24.7 Å². The number of aromatic amines is 1. The van der Waals surface area contributed by atoms with E-state index in [0.29, 0.717) is 29.2 Å². The van der Waals surface area contributed by atoms with Crippen LogP contribution in [0.25, 0.3) is 22.4 Å². The second-order valence-corrected chi connectivity index (χ2v) is 7.53. The zero-order valence-electron chi connectivity index (χ0n) is 16.7. The third kappa shape index (κ3) is 5.05. The topological polar surface area (TPSA) is 94.0 Å². The highest BCUT2D eigenvalue weighted by Crippen LogP contribution is 2.27. The van der Waals surface area contributed by atoms with Crippen LogP contribution in [0.2, 0.25) is 5.02 Å². The number of nitrogens with zero attached hydrogens (tertiary/aromatic N) is 2. The van der Waals surface area contributed by atoms with Gasteiger partial charge in [0.05, 0.1) is 16.7 Å². The molecule has 0 unspecified atom stereocenters. The quantitative estimate of drug-likeness (QED) is 0.315. The highest BCUT2D eigenvalue weighted by atomic mass is 35.5. The number of H-pyrrole nitrogens is 1. The van der Waals surface area contributed by atoms with Gasteiger partial charge >= 0.3 is 5.97 Å². The van der Waals surface area contributed by atoms with E-state index in [1.807, 2.05) is 17.6 Å². The summed E-state index contributed by atoms with van der Waals surface area (Å²) in [5, 5.41) is 0.580. The molecular formula is C21H23ClFN3O4. The van der Waals surface area contributed by atoms with Gasteiger partial charge in [0.1, 0.15) is 13.3 Å². The Hall–Kier alpha value is -2.74. The number of alkyl halides is 1. The number of unbranched alkanes of at least 4 members (excludes halogenated alkanes) is 3. The predicted molar refractivity (Wildman–Crippen MR) is 113 cm³/mol. The van der Waals surface area contributed by atoms with Crippen molar-refractivity contribution >= 4 is 28.6 Å². The lowest BCUT2D eigenvalue weighted by Gasteiger charge is -2.18. The molecule has 0 radical (unpaired) electrons. The summed E-state index contributed by atoms with van der Waals surface area (Å²) in [7, 11) is 0. The second-order valence-electron chi connectivity index (χ2n) is 7.12. The lowest BCUT2D eigenvalue weighted by atomic mass is 10.1. The maximum absolute atomic E-state index is 12.3. The van der Waals surface area contributed by atoms with Crippen LogP contribution in [0.5, 0.6) is 0 Å². The van der Waals surface area contributed by atoms with Crippen LogP contribution in [-0.2, 0) is 16.1 Å². The molecule has 3 rings (SSSR count). The van der Waals surface area contributed by atoms with Gasteiger partial charge in [-0.25, -0.2) is 9.37 Å².